The Bertz CT molecular complexity index is 1190. The van der Waals surface area contributed by atoms with Crippen molar-refractivity contribution < 1.29 is 4.74 Å². The molecule has 1 atom stereocenters. The molecule has 0 radical (unpaired) electrons. The van der Waals surface area contributed by atoms with E-state index in [0.29, 0.717) is 18.0 Å². The van der Waals surface area contributed by atoms with Crippen molar-refractivity contribution in [1.29, 1.82) is 0 Å². The van der Waals surface area contributed by atoms with E-state index in [1.165, 1.54) is 5.56 Å². The summed E-state index contributed by atoms with van der Waals surface area (Å²) in [5.74, 6) is 1.31. The van der Waals surface area contributed by atoms with E-state index in [4.69, 9.17) is 4.74 Å². The number of hydrogen-bond acceptors (Lipinski definition) is 2. The summed E-state index contributed by atoms with van der Waals surface area (Å²) < 4.78 is 7.92. The minimum Gasteiger partial charge on any atom is -0.489 e. The molecular weight excluding hydrogens is 396 g/mol. The van der Waals surface area contributed by atoms with Gasteiger partial charge < -0.3 is 4.74 Å². The van der Waals surface area contributed by atoms with Gasteiger partial charge >= 0.3 is 0 Å². The van der Waals surface area contributed by atoms with Crippen molar-refractivity contribution in [2.24, 2.45) is 0 Å². The van der Waals surface area contributed by atoms with Gasteiger partial charge in [-0.05, 0) is 35.6 Å². The summed E-state index contributed by atoms with van der Waals surface area (Å²) in [5, 5.41) is 3.36. The molecule has 1 aromatic heterocycles. The Morgan fingerprint density at radius 3 is 2.00 bits per heavy atom. The third-order valence-corrected chi connectivity index (χ3v) is 5.77. The zero-order valence-corrected chi connectivity index (χ0v) is 18.9. The quantitative estimate of drug-likeness (QED) is 0.350. The van der Waals surface area contributed by atoms with Crippen LogP contribution in [0.1, 0.15) is 38.7 Å². The van der Waals surface area contributed by atoms with Crippen LogP contribution < -0.4 is 10.3 Å². The summed E-state index contributed by atoms with van der Waals surface area (Å²) in [6.07, 6.45) is 0.669. The number of aromatic nitrogens is 2. The third kappa shape index (κ3) is 4.70. The average Bonchev–Trinajstić information content (AvgIpc) is 3.16. The van der Waals surface area contributed by atoms with Gasteiger partial charge in [-0.15, -0.1) is 0 Å². The normalized spacial score (nSPS) is 12.1. The molecule has 4 aromatic rings. The van der Waals surface area contributed by atoms with Gasteiger partial charge in [0.25, 0.3) is 5.56 Å². The van der Waals surface area contributed by atoms with Gasteiger partial charge in [0.1, 0.15) is 11.9 Å². The van der Waals surface area contributed by atoms with Crippen molar-refractivity contribution in [3.05, 3.63) is 101 Å². The second-order valence-corrected chi connectivity index (χ2v) is 8.38. The first-order valence-corrected chi connectivity index (χ1v) is 11.3. The maximum absolute atomic E-state index is 13.5. The summed E-state index contributed by atoms with van der Waals surface area (Å²) in [7, 11) is 0. The Morgan fingerprint density at radius 1 is 0.844 bits per heavy atom. The number of rotatable bonds is 8. The largest absolute Gasteiger partial charge is 0.489 e. The van der Waals surface area contributed by atoms with Crippen molar-refractivity contribution in [2.75, 3.05) is 0 Å². The number of nitrogens with zero attached hydrogens (tertiary/aromatic N) is 1. The van der Waals surface area contributed by atoms with Crippen LogP contribution in [-0.4, -0.2) is 15.9 Å². The van der Waals surface area contributed by atoms with Gasteiger partial charge in [-0.25, -0.2) is 4.68 Å². The summed E-state index contributed by atoms with van der Waals surface area (Å²) in [6.45, 7) is 6.89. The van der Waals surface area contributed by atoms with E-state index in [1.54, 1.807) is 4.68 Å². The van der Waals surface area contributed by atoms with Crippen LogP contribution in [0.5, 0.6) is 5.75 Å². The van der Waals surface area contributed by atoms with Crippen molar-refractivity contribution in [1.82, 2.24) is 9.78 Å². The minimum atomic E-state index is -0.122. The first-order valence-electron chi connectivity index (χ1n) is 11.3. The van der Waals surface area contributed by atoms with Gasteiger partial charge in [0.2, 0.25) is 0 Å². The van der Waals surface area contributed by atoms with Crippen molar-refractivity contribution in [2.45, 2.75) is 45.8 Å². The lowest BCUT2D eigenvalue weighted by molar-refractivity contribution is 0.169. The molecule has 0 amide bonds. The molecule has 164 valence electrons. The zero-order chi connectivity index (χ0) is 22.5. The zero-order valence-electron chi connectivity index (χ0n) is 18.9. The number of ether oxygens (including phenoxy) is 1. The predicted octanol–water partition coefficient (Wildman–Crippen LogP) is 6.49. The van der Waals surface area contributed by atoms with E-state index in [-0.39, 0.29) is 11.7 Å². The molecule has 0 fully saturated rings. The first-order chi connectivity index (χ1) is 15.6. The minimum absolute atomic E-state index is 0.0349. The number of aromatic amines is 1. The Labute approximate surface area is 189 Å². The van der Waals surface area contributed by atoms with Crippen LogP contribution in [0, 0.1) is 0 Å². The van der Waals surface area contributed by atoms with Gasteiger partial charge in [-0.1, -0.05) is 93.6 Å². The molecule has 4 heteroatoms. The maximum Gasteiger partial charge on any atom is 0.275 e. The fourth-order valence-electron chi connectivity index (χ4n) is 3.88. The van der Waals surface area contributed by atoms with Crippen LogP contribution in [0.2, 0.25) is 0 Å². The fourth-order valence-corrected chi connectivity index (χ4v) is 3.88. The molecule has 0 aliphatic heterocycles. The van der Waals surface area contributed by atoms with Crippen LogP contribution >= 0.6 is 0 Å². The number of hydrogen-bond donors (Lipinski definition) is 1. The van der Waals surface area contributed by atoms with Crippen molar-refractivity contribution in [3.8, 4) is 28.1 Å². The lowest BCUT2D eigenvalue weighted by atomic mass is 10.0. The Kier molecular flexibility index (Phi) is 6.60. The third-order valence-electron chi connectivity index (χ3n) is 5.77. The average molecular weight is 427 g/mol. The second-order valence-electron chi connectivity index (χ2n) is 8.38. The molecular formula is C28H30N2O2. The van der Waals surface area contributed by atoms with Crippen molar-refractivity contribution in [3.63, 3.8) is 0 Å². The van der Waals surface area contributed by atoms with E-state index >= 15 is 0 Å². The second kappa shape index (κ2) is 9.73. The molecule has 0 spiro atoms. The lowest BCUT2D eigenvalue weighted by Gasteiger charge is -2.18. The van der Waals surface area contributed by atoms with Crippen LogP contribution in [-0.2, 0) is 6.54 Å². The first kappa shape index (κ1) is 21.7. The molecule has 4 nitrogen and oxygen atoms in total. The van der Waals surface area contributed by atoms with Crippen LogP contribution in [0.3, 0.4) is 0 Å². The maximum atomic E-state index is 13.5. The van der Waals surface area contributed by atoms with E-state index in [0.717, 1.165) is 29.0 Å². The molecule has 3 aromatic carbocycles. The molecule has 1 unspecified atom stereocenters. The number of benzene rings is 3. The molecule has 32 heavy (non-hydrogen) atoms. The van der Waals surface area contributed by atoms with Gasteiger partial charge in [0, 0.05) is 5.56 Å². The molecule has 0 aliphatic rings. The van der Waals surface area contributed by atoms with Gasteiger partial charge in [-0.2, -0.15) is 0 Å². The monoisotopic (exact) mass is 426 g/mol. The number of H-pyrrole nitrogens is 1. The Hall–Kier alpha value is -3.53. The molecule has 4 rings (SSSR count). The molecule has 0 bridgehead atoms. The highest BCUT2D eigenvalue weighted by atomic mass is 16.5. The van der Waals surface area contributed by atoms with Crippen molar-refractivity contribution >= 4 is 0 Å². The van der Waals surface area contributed by atoms with E-state index in [2.05, 4.69) is 38.0 Å². The Morgan fingerprint density at radius 2 is 1.44 bits per heavy atom. The van der Waals surface area contributed by atoms with Crippen LogP contribution in [0.25, 0.3) is 22.4 Å². The SMILES string of the molecule is CCC(Cn1[nH]c(-c2ccccc2)c(-c2ccccc2)c1=O)Oc1ccc(C(C)C)cc1. The van der Waals surface area contributed by atoms with Crippen LogP contribution in [0.4, 0.5) is 0 Å². The Balaban J connectivity index is 1.65. The summed E-state index contributed by atoms with van der Waals surface area (Å²) in [6, 6.07) is 28.1. The van der Waals surface area contributed by atoms with Gasteiger partial charge in [0.15, 0.2) is 0 Å². The fraction of sp³-hybridized carbons (Fsp3) is 0.250. The topological polar surface area (TPSA) is 47.0 Å². The van der Waals surface area contributed by atoms with Crippen LogP contribution in [0.15, 0.2) is 89.7 Å². The highest BCUT2D eigenvalue weighted by Gasteiger charge is 2.20. The van der Waals surface area contributed by atoms with E-state index in [9.17, 15) is 4.79 Å². The molecule has 1 heterocycles. The predicted molar refractivity (Wildman–Crippen MR) is 131 cm³/mol. The van der Waals surface area contributed by atoms with E-state index < -0.39 is 0 Å². The molecule has 0 aliphatic carbocycles. The number of nitrogens with one attached hydrogen (secondary N) is 1. The smallest absolute Gasteiger partial charge is 0.275 e. The van der Waals surface area contributed by atoms with Gasteiger partial charge in [0.05, 0.1) is 17.8 Å². The summed E-state index contributed by atoms with van der Waals surface area (Å²) >= 11 is 0. The molecule has 0 saturated heterocycles. The van der Waals surface area contributed by atoms with Gasteiger partial charge in [-0.3, -0.25) is 9.89 Å². The highest BCUT2D eigenvalue weighted by Crippen LogP contribution is 2.28. The molecule has 1 N–H and O–H groups in total. The summed E-state index contributed by atoms with van der Waals surface area (Å²) in [5.41, 5.74) is 4.66. The summed E-state index contributed by atoms with van der Waals surface area (Å²) in [4.78, 5) is 13.5. The standard InChI is InChI=1S/C28H30N2O2/c1-4-24(32-25-17-15-21(16-18-25)20(2)3)19-30-28(31)26(22-11-7-5-8-12-22)27(29-30)23-13-9-6-10-14-23/h5-18,20,24,29H,4,19H2,1-3H3. The molecule has 0 saturated carbocycles. The highest BCUT2D eigenvalue weighted by molar-refractivity contribution is 5.80. The lowest BCUT2D eigenvalue weighted by Crippen LogP contribution is -2.29. The van der Waals surface area contributed by atoms with E-state index in [1.807, 2.05) is 72.8 Å².